The molecule has 1 amide bonds. The first-order valence-corrected chi connectivity index (χ1v) is 7.17. The first kappa shape index (κ1) is 15.7. The summed E-state index contributed by atoms with van der Waals surface area (Å²) in [5.41, 5.74) is 8.01. The lowest BCUT2D eigenvalue weighted by Crippen LogP contribution is -2.34. The smallest absolute Gasteiger partial charge is 0.220 e. The van der Waals surface area contributed by atoms with Gasteiger partial charge in [-0.25, -0.2) is 0 Å². The third kappa shape index (κ3) is 6.39. The second kappa shape index (κ2) is 8.70. The Kier molecular flexibility index (Phi) is 7.19. The van der Waals surface area contributed by atoms with Crippen LogP contribution in [0.25, 0.3) is 0 Å². The molecule has 1 aromatic rings. The van der Waals surface area contributed by atoms with Crippen molar-refractivity contribution in [1.29, 1.82) is 0 Å². The predicted molar refractivity (Wildman–Crippen MR) is 80.0 cm³/mol. The average molecular weight is 262 g/mol. The van der Waals surface area contributed by atoms with Gasteiger partial charge < -0.3 is 11.1 Å². The Labute approximate surface area is 116 Å². The van der Waals surface area contributed by atoms with E-state index in [1.165, 1.54) is 11.1 Å². The number of hydrogen-bond donors (Lipinski definition) is 2. The van der Waals surface area contributed by atoms with Crippen molar-refractivity contribution in [2.24, 2.45) is 5.73 Å². The van der Waals surface area contributed by atoms with E-state index in [-0.39, 0.29) is 11.9 Å². The third-order valence-corrected chi connectivity index (χ3v) is 3.30. The van der Waals surface area contributed by atoms with Crippen LogP contribution in [-0.4, -0.2) is 18.5 Å². The van der Waals surface area contributed by atoms with E-state index in [0.717, 1.165) is 25.7 Å². The van der Waals surface area contributed by atoms with Crippen LogP contribution >= 0.6 is 0 Å². The summed E-state index contributed by atoms with van der Waals surface area (Å²) in [6.45, 7) is 4.88. The highest BCUT2D eigenvalue weighted by molar-refractivity contribution is 5.76. The van der Waals surface area contributed by atoms with Crippen molar-refractivity contribution in [3.63, 3.8) is 0 Å². The molecule has 1 atom stereocenters. The molecule has 0 fully saturated rings. The number of benzene rings is 1. The van der Waals surface area contributed by atoms with Gasteiger partial charge in [0.2, 0.25) is 5.91 Å². The SMILES string of the molecule is Cc1ccccc1CC(C)NC(=O)CCCCCN. The van der Waals surface area contributed by atoms with Gasteiger partial charge in [-0.1, -0.05) is 30.7 Å². The van der Waals surface area contributed by atoms with E-state index < -0.39 is 0 Å². The Morgan fingerprint density at radius 2 is 2.00 bits per heavy atom. The van der Waals surface area contributed by atoms with Gasteiger partial charge in [0.05, 0.1) is 0 Å². The van der Waals surface area contributed by atoms with Gasteiger partial charge in [-0.05, 0) is 50.8 Å². The van der Waals surface area contributed by atoms with Crippen molar-refractivity contribution >= 4 is 5.91 Å². The normalized spacial score (nSPS) is 12.2. The molecule has 0 bridgehead atoms. The minimum atomic E-state index is 0.151. The van der Waals surface area contributed by atoms with Crippen molar-refractivity contribution in [1.82, 2.24) is 5.32 Å². The molecule has 106 valence electrons. The maximum atomic E-state index is 11.7. The molecular weight excluding hydrogens is 236 g/mol. The van der Waals surface area contributed by atoms with Gasteiger partial charge in [-0.15, -0.1) is 0 Å². The lowest BCUT2D eigenvalue weighted by Gasteiger charge is -2.15. The van der Waals surface area contributed by atoms with Crippen LogP contribution in [0.5, 0.6) is 0 Å². The van der Waals surface area contributed by atoms with Gasteiger partial charge in [0.1, 0.15) is 0 Å². The van der Waals surface area contributed by atoms with Crippen molar-refractivity contribution in [3.8, 4) is 0 Å². The third-order valence-electron chi connectivity index (χ3n) is 3.30. The van der Waals surface area contributed by atoms with Crippen LogP contribution in [0.1, 0.15) is 43.7 Å². The number of unbranched alkanes of at least 4 members (excludes halogenated alkanes) is 2. The van der Waals surface area contributed by atoms with Gasteiger partial charge in [0.15, 0.2) is 0 Å². The summed E-state index contributed by atoms with van der Waals surface area (Å²) in [6.07, 6.45) is 4.47. The molecule has 0 aliphatic rings. The number of nitrogens with two attached hydrogens (primary N) is 1. The number of rotatable bonds is 8. The molecule has 0 spiro atoms. The van der Waals surface area contributed by atoms with Gasteiger partial charge in [0.25, 0.3) is 0 Å². The summed E-state index contributed by atoms with van der Waals surface area (Å²) < 4.78 is 0. The van der Waals surface area contributed by atoms with Crippen molar-refractivity contribution in [2.75, 3.05) is 6.54 Å². The molecule has 1 rings (SSSR count). The fraction of sp³-hybridized carbons (Fsp3) is 0.562. The monoisotopic (exact) mass is 262 g/mol. The molecule has 0 saturated heterocycles. The van der Waals surface area contributed by atoms with E-state index in [9.17, 15) is 4.79 Å². The first-order valence-electron chi connectivity index (χ1n) is 7.17. The minimum absolute atomic E-state index is 0.151. The van der Waals surface area contributed by atoms with E-state index in [4.69, 9.17) is 5.73 Å². The standard InChI is InChI=1S/C16H26N2O/c1-13-8-5-6-9-15(13)12-14(2)18-16(19)10-4-3-7-11-17/h5-6,8-9,14H,3-4,7,10-12,17H2,1-2H3,(H,18,19). The summed E-state index contributed by atoms with van der Waals surface area (Å²) in [7, 11) is 0. The Hall–Kier alpha value is -1.35. The largest absolute Gasteiger partial charge is 0.353 e. The number of carbonyl (C=O) groups is 1. The molecule has 3 nitrogen and oxygen atoms in total. The van der Waals surface area contributed by atoms with Crippen LogP contribution in [0.15, 0.2) is 24.3 Å². The zero-order chi connectivity index (χ0) is 14.1. The summed E-state index contributed by atoms with van der Waals surface area (Å²) in [5.74, 6) is 0.151. The zero-order valence-corrected chi connectivity index (χ0v) is 12.1. The highest BCUT2D eigenvalue weighted by Gasteiger charge is 2.08. The molecule has 3 heteroatoms. The van der Waals surface area contributed by atoms with E-state index in [1.807, 2.05) is 12.1 Å². The fourth-order valence-corrected chi connectivity index (χ4v) is 2.17. The van der Waals surface area contributed by atoms with Crippen LogP contribution in [-0.2, 0) is 11.2 Å². The predicted octanol–water partition coefficient (Wildman–Crippen LogP) is 2.56. The molecule has 3 N–H and O–H groups in total. The molecule has 1 unspecified atom stereocenters. The van der Waals surface area contributed by atoms with Crippen LogP contribution in [0.4, 0.5) is 0 Å². The maximum Gasteiger partial charge on any atom is 0.220 e. The first-order chi connectivity index (χ1) is 9.13. The maximum absolute atomic E-state index is 11.7. The topological polar surface area (TPSA) is 55.1 Å². The van der Waals surface area contributed by atoms with Crippen molar-refractivity contribution in [3.05, 3.63) is 35.4 Å². The Balaban J connectivity index is 2.29. The van der Waals surface area contributed by atoms with Gasteiger partial charge in [-0.3, -0.25) is 4.79 Å². The van der Waals surface area contributed by atoms with E-state index in [2.05, 4.69) is 31.3 Å². The number of amides is 1. The van der Waals surface area contributed by atoms with Crippen molar-refractivity contribution < 1.29 is 4.79 Å². The number of nitrogens with one attached hydrogen (secondary N) is 1. The average Bonchev–Trinajstić information content (AvgIpc) is 2.37. The molecule has 19 heavy (non-hydrogen) atoms. The van der Waals surface area contributed by atoms with E-state index in [1.54, 1.807) is 0 Å². The summed E-state index contributed by atoms with van der Waals surface area (Å²) in [5, 5.41) is 3.06. The molecule has 0 heterocycles. The quantitative estimate of drug-likeness (QED) is 0.707. The number of hydrogen-bond acceptors (Lipinski definition) is 2. The lowest BCUT2D eigenvalue weighted by molar-refractivity contribution is -0.121. The summed E-state index contributed by atoms with van der Waals surface area (Å²) >= 11 is 0. The second-order valence-corrected chi connectivity index (χ2v) is 5.20. The molecule has 0 aliphatic heterocycles. The molecule has 0 radical (unpaired) electrons. The molecule has 1 aromatic carbocycles. The van der Waals surface area contributed by atoms with Crippen molar-refractivity contribution in [2.45, 2.75) is 52.0 Å². The molecule has 0 aliphatic carbocycles. The molecule has 0 aromatic heterocycles. The summed E-state index contributed by atoms with van der Waals surface area (Å²) in [4.78, 5) is 11.7. The van der Waals surface area contributed by atoms with Gasteiger partial charge in [0, 0.05) is 12.5 Å². The van der Waals surface area contributed by atoms with Crippen LogP contribution in [0.3, 0.4) is 0 Å². The summed E-state index contributed by atoms with van der Waals surface area (Å²) in [6, 6.07) is 8.50. The number of aryl methyl sites for hydroxylation is 1. The van der Waals surface area contributed by atoms with E-state index in [0.29, 0.717) is 13.0 Å². The lowest BCUT2D eigenvalue weighted by atomic mass is 10.0. The van der Waals surface area contributed by atoms with Gasteiger partial charge in [-0.2, -0.15) is 0 Å². The highest BCUT2D eigenvalue weighted by Crippen LogP contribution is 2.09. The Bertz CT molecular complexity index is 390. The van der Waals surface area contributed by atoms with Crippen LogP contribution in [0, 0.1) is 6.92 Å². The molecular formula is C16H26N2O. The van der Waals surface area contributed by atoms with Crippen LogP contribution in [0.2, 0.25) is 0 Å². The Morgan fingerprint density at radius 3 is 2.68 bits per heavy atom. The zero-order valence-electron chi connectivity index (χ0n) is 12.1. The highest BCUT2D eigenvalue weighted by atomic mass is 16.1. The minimum Gasteiger partial charge on any atom is -0.353 e. The number of carbonyl (C=O) groups excluding carboxylic acids is 1. The van der Waals surface area contributed by atoms with E-state index >= 15 is 0 Å². The second-order valence-electron chi connectivity index (χ2n) is 5.20. The molecule has 0 saturated carbocycles. The van der Waals surface area contributed by atoms with Crippen LogP contribution < -0.4 is 11.1 Å². The fourth-order valence-electron chi connectivity index (χ4n) is 2.17. The van der Waals surface area contributed by atoms with Gasteiger partial charge >= 0.3 is 0 Å². The Morgan fingerprint density at radius 1 is 1.26 bits per heavy atom.